The van der Waals surface area contributed by atoms with Crippen molar-refractivity contribution < 1.29 is 12.8 Å². The zero-order chi connectivity index (χ0) is 21.6. The molecular formula is C19H15ClN4O4S3. The van der Waals surface area contributed by atoms with E-state index in [1.807, 2.05) is 23.6 Å². The Morgan fingerprint density at radius 3 is 2.87 bits per heavy atom. The van der Waals surface area contributed by atoms with E-state index in [-0.39, 0.29) is 23.0 Å². The molecular weight excluding hydrogens is 480 g/mol. The highest BCUT2D eigenvalue weighted by Crippen LogP contribution is 2.35. The van der Waals surface area contributed by atoms with Crippen LogP contribution < -0.4 is 5.56 Å². The van der Waals surface area contributed by atoms with E-state index in [4.69, 9.17) is 16.0 Å². The number of fused-ring (bicyclic) bond motifs is 1. The van der Waals surface area contributed by atoms with Crippen molar-refractivity contribution in [2.45, 2.75) is 23.3 Å². The summed E-state index contributed by atoms with van der Waals surface area (Å²) in [6.45, 7) is 0. The molecule has 160 valence electrons. The van der Waals surface area contributed by atoms with Crippen molar-refractivity contribution in [2.24, 2.45) is 0 Å². The zero-order valence-electron chi connectivity index (χ0n) is 15.9. The summed E-state index contributed by atoms with van der Waals surface area (Å²) >= 11 is 8.91. The number of benzene rings is 1. The van der Waals surface area contributed by atoms with Crippen LogP contribution in [-0.4, -0.2) is 40.1 Å². The van der Waals surface area contributed by atoms with Gasteiger partial charge in [-0.3, -0.25) is 4.79 Å². The second kappa shape index (κ2) is 8.05. The summed E-state index contributed by atoms with van der Waals surface area (Å²) in [4.78, 5) is 20.8. The van der Waals surface area contributed by atoms with Gasteiger partial charge in [-0.15, -0.1) is 21.5 Å². The highest BCUT2D eigenvalue weighted by molar-refractivity contribution is 7.98. The minimum Gasteiger partial charge on any atom is -0.416 e. The van der Waals surface area contributed by atoms with Crippen LogP contribution in [0.3, 0.4) is 0 Å². The maximum Gasteiger partial charge on any atom is 0.277 e. The summed E-state index contributed by atoms with van der Waals surface area (Å²) < 4.78 is 28.9. The third-order valence-corrected chi connectivity index (χ3v) is 8.79. The molecule has 0 saturated carbocycles. The monoisotopic (exact) mass is 494 g/mol. The second-order valence-corrected chi connectivity index (χ2v) is 11.5. The summed E-state index contributed by atoms with van der Waals surface area (Å²) in [5.41, 5.74) is 1.31. The van der Waals surface area contributed by atoms with Crippen LogP contribution in [0.25, 0.3) is 21.3 Å². The van der Waals surface area contributed by atoms with Crippen LogP contribution in [0.5, 0.6) is 0 Å². The highest BCUT2D eigenvalue weighted by atomic mass is 35.5. The Morgan fingerprint density at radius 1 is 1.26 bits per heavy atom. The predicted octanol–water partition coefficient (Wildman–Crippen LogP) is 3.88. The summed E-state index contributed by atoms with van der Waals surface area (Å²) in [6, 6.07) is 7.37. The Balaban J connectivity index is 1.35. The van der Waals surface area contributed by atoms with E-state index < -0.39 is 9.84 Å². The first-order valence-electron chi connectivity index (χ1n) is 9.31. The fourth-order valence-corrected chi connectivity index (χ4v) is 7.07. The average molecular weight is 495 g/mol. The molecule has 0 spiro atoms. The summed E-state index contributed by atoms with van der Waals surface area (Å²) in [5.74, 6) is 1.08. The van der Waals surface area contributed by atoms with Crippen LogP contribution >= 0.6 is 34.7 Å². The van der Waals surface area contributed by atoms with Gasteiger partial charge in [0.15, 0.2) is 9.84 Å². The molecule has 1 aliphatic heterocycles. The molecule has 0 bridgehead atoms. The van der Waals surface area contributed by atoms with Crippen LogP contribution in [0.15, 0.2) is 44.1 Å². The molecule has 0 aliphatic carbocycles. The number of aromatic nitrogens is 4. The number of hydrogen-bond donors (Lipinski definition) is 1. The quantitative estimate of drug-likeness (QED) is 0.415. The van der Waals surface area contributed by atoms with Gasteiger partial charge in [-0.05, 0) is 12.5 Å². The number of nitrogens with one attached hydrogen (secondary N) is 1. The first kappa shape index (κ1) is 20.7. The van der Waals surface area contributed by atoms with Gasteiger partial charge in [0, 0.05) is 21.5 Å². The van der Waals surface area contributed by atoms with Crippen LogP contribution in [0.4, 0.5) is 0 Å². The molecule has 1 N–H and O–H groups in total. The Bertz CT molecular complexity index is 1440. The zero-order valence-corrected chi connectivity index (χ0v) is 19.1. The Labute approximate surface area is 190 Å². The van der Waals surface area contributed by atoms with Crippen LogP contribution in [0.1, 0.15) is 24.1 Å². The van der Waals surface area contributed by atoms with Crippen molar-refractivity contribution in [3.05, 3.63) is 56.7 Å². The lowest BCUT2D eigenvalue weighted by Crippen LogP contribution is -2.10. The van der Waals surface area contributed by atoms with Gasteiger partial charge in [-0.2, -0.15) is 0 Å². The van der Waals surface area contributed by atoms with Crippen molar-refractivity contribution in [1.82, 2.24) is 20.2 Å². The molecule has 1 saturated heterocycles. The van der Waals surface area contributed by atoms with E-state index in [9.17, 15) is 13.2 Å². The first-order chi connectivity index (χ1) is 14.9. The van der Waals surface area contributed by atoms with E-state index in [0.29, 0.717) is 44.4 Å². The number of rotatable bonds is 5. The van der Waals surface area contributed by atoms with Crippen molar-refractivity contribution in [1.29, 1.82) is 0 Å². The van der Waals surface area contributed by atoms with E-state index >= 15 is 0 Å². The van der Waals surface area contributed by atoms with Gasteiger partial charge in [0.25, 0.3) is 10.8 Å². The Morgan fingerprint density at radius 2 is 2.10 bits per heavy atom. The van der Waals surface area contributed by atoms with E-state index in [0.717, 1.165) is 11.1 Å². The molecule has 3 aromatic heterocycles. The summed E-state index contributed by atoms with van der Waals surface area (Å²) in [7, 11) is -3.03. The summed E-state index contributed by atoms with van der Waals surface area (Å²) in [5, 5.41) is 11.2. The summed E-state index contributed by atoms with van der Waals surface area (Å²) in [6.07, 6.45) is 0.492. The molecule has 0 unspecified atom stereocenters. The third-order valence-electron chi connectivity index (χ3n) is 4.99. The topological polar surface area (TPSA) is 119 Å². The SMILES string of the molecule is O=c1[nH]c(CSc2nnc([C@H]3CCS(=O)(=O)C3)o2)nc2scc(-c3ccccc3Cl)c12. The average Bonchev–Trinajstić information content (AvgIpc) is 3.45. The minimum atomic E-state index is -3.03. The van der Waals surface area contributed by atoms with Crippen molar-refractivity contribution in [3.8, 4) is 11.1 Å². The molecule has 0 radical (unpaired) electrons. The number of nitrogens with zero attached hydrogens (tertiary/aromatic N) is 3. The maximum atomic E-state index is 12.8. The number of thioether (sulfide) groups is 1. The smallest absolute Gasteiger partial charge is 0.277 e. The van der Waals surface area contributed by atoms with Gasteiger partial charge in [0.2, 0.25) is 5.89 Å². The van der Waals surface area contributed by atoms with Gasteiger partial charge >= 0.3 is 0 Å². The lowest BCUT2D eigenvalue weighted by Gasteiger charge is -2.03. The highest BCUT2D eigenvalue weighted by Gasteiger charge is 2.32. The molecule has 5 rings (SSSR count). The normalized spacial score (nSPS) is 18.0. The number of H-pyrrole nitrogens is 1. The molecule has 31 heavy (non-hydrogen) atoms. The molecule has 4 heterocycles. The fraction of sp³-hybridized carbons (Fsp3) is 0.263. The van der Waals surface area contributed by atoms with Crippen molar-refractivity contribution in [3.63, 3.8) is 0 Å². The largest absolute Gasteiger partial charge is 0.416 e. The number of thiophene rings is 1. The molecule has 1 aromatic carbocycles. The predicted molar refractivity (Wildman–Crippen MR) is 121 cm³/mol. The van der Waals surface area contributed by atoms with Crippen LogP contribution in [0, 0.1) is 0 Å². The molecule has 12 heteroatoms. The van der Waals surface area contributed by atoms with Crippen LogP contribution in [0.2, 0.25) is 5.02 Å². The van der Waals surface area contributed by atoms with E-state index in [1.165, 1.54) is 23.1 Å². The molecule has 1 fully saturated rings. The van der Waals surface area contributed by atoms with Gasteiger partial charge < -0.3 is 9.40 Å². The van der Waals surface area contributed by atoms with Crippen molar-refractivity contribution in [2.75, 3.05) is 11.5 Å². The lowest BCUT2D eigenvalue weighted by molar-refractivity contribution is 0.393. The van der Waals surface area contributed by atoms with Gasteiger partial charge in [-0.25, -0.2) is 13.4 Å². The third kappa shape index (κ3) is 4.14. The van der Waals surface area contributed by atoms with Gasteiger partial charge in [-0.1, -0.05) is 41.6 Å². The maximum absolute atomic E-state index is 12.8. The minimum absolute atomic E-state index is 0.0387. The fourth-order valence-electron chi connectivity index (χ4n) is 3.50. The number of halogens is 1. The second-order valence-electron chi connectivity index (χ2n) is 7.12. The number of hydrogen-bond acceptors (Lipinski definition) is 9. The van der Waals surface area contributed by atoms with Crippen molar-refractivity contribution >= 4 is 54.8 Å². The van der Waals surface area contributed by atoms with Gasteiger partial charge in [0.05, 0.1) is 28.6 Å². The molecule has 8 nitrogen and oxygen atoms in total. The first-order valence-corrected chi connectivity index (χ1v) is 13.4. The van der Waals surface area contributed by atoms with E-state index in [1.54, 1.807) is 6.07 Å². The standard InChI is InChI=1S/C19H15ClN4O4S3/c20-13-4-2-1-3-11(13)12-7-29-18-15(12)16(25)21-14(22-18)8-30-19-24-23-17(28-19)10-5-6-31(26,27)9-10/h1-4,7,10H,5-6,8-9H2,(H,21,22,25)/t10-/m0/s1. The number of sulfone groups is 1. The van der Waals surface area contributed by atoms with Crippen LogP contribution in [-0.2, 0) is 15.6 Å². The lowest BCUT2D eigenvalue weighted by atomic mass is 10.1. The Kier molecular flexibility index (Phi) is 5.37. The molecule has 1 atom stereocenters. The van der Waals surface area contributed by atoms with Gasteiger partial charge in [0.1, 0.15) is 10.7 Å². The molecule has 4 aromatic rings. The molecule has 1 aliphatic rings. The Hall–Kier alpha value is -2.21. The molecule has 0 amide bonds. The van der Waals surface area contributed by atoms with E-state index in [2.05, 4.69) is 20.2 Å². The number of aromatic amines is 1.